The van der Waals surface area contributed by atoms with E-state index in [1.54, 1.807) is 0 Å². The zero-order valence-corrected chi connectivity index (χ0v) is 11.7. The van der Waals surface area contributed by atoms with Gasteiger partial charge in [-0.15, -0.1) is 0 Å². The molecule has 0 atom stereocenters. The first kappa shape index (κ1) is 13.4. The number of ketones is 1. The minimum atomic E-state index is 0.256. The van der Waals surface area contributed by atoms with Crippen molar-refractivity contribution in [2.24, 2.45) is 0 Å². The summed E-state index contributed by atoms with van der Waals surface area (Å²) in [6, 6.07) is 17.4. The number of carbonyl (C=O) groups is 1. The molecule has 1 saturated carbocycles. The van der Waals surface area contributed by atoms with Crippen molar-refractivity contribution in [3.63, 3.8) is 0 Å². The predicted octanol–water partition coefficient (Wildman–Crippen LogP) is 4.53. The number of hydrogen-bond donors (Lipinski definition) is 1. The van der Waals surface area contributed by atoms with Gasteiger partial charge >= 0.3 is 0 Å². The van der Waals surface area contributed by atoms with Gasteiger partial charge in [-0.3, -0.25) is 4.79 Å². The Morgan fingerprint density at radius 1 is 0.905 bits per heavy atom. The third-order valence-electron chi connectivity index (χ3n) is 3.45. The van der Waals surface area contributed by atoms with Crippen LogP contribution >= 0.6 is 0 Å². The quantitative estimate of drug-likeness (QED) is 0.836. The van der Waals surface area contributed by atoms with E-state index in [9.17, 15) is 4.79 Å². The number of ether oxygens (including phenoxy) is 1. The van der Waals surface area contributed by atoms with E-state index in [-0.39, 0.29) is 5.78 Å². The molecule has 0 heterocycles. The van der Waals surface area contributed by atoms with Crippen LogP contribution in [-0.2, 0) is 4.79 Å². The highest BCUT2D eigenvalue weighted by Gasteiger charge is 2.16. The molecule has 0 spiro atoms. The molecule has 106 valence electrons. The normalized spacial score (nSPS) is 16.2. The van der Waals surface area contributed by atoms with E-state index in [4.69, 9.17) is 4.74 Å². The Morgan fingerprint density at radius 2 is 1.62 bits per heavy atom. The summed E-state index contributed by atoms with van der Waals surface area (Å²) >= 11 is 0. The first-order chi connectivity index (χ1) is 10.3. The van der Waals surface area contributed by atoms with Crippen LogP contribution in [0.1, 0.15) is 19.3 Å². The van der Waals surface area contributed by atoms with E-state index in [2.05, 4.69) is 5.32 Å². The monoisotopic (exact) mass is 279 g/mol. The summed E-state index contributed by atoms with van der Waals surface area (Å²) in [5.74, 6) is 1.86. The van der Waals surface area contributed by atoms with Crippen molar-refractivity contribution in [3.05, 3.63) is 66.4 Å². The fraction of sp³-hybridized carbons (Fsp3) is 0.167. The van der Waals surface area contributed by atoms with Gasteiger partial charge in [-0.05, 0) is 49.2 Å². The second-order valence-corrected chi connectivity index (χ2v) is 5.03. The van der Waals surface area contributed by atoms with Crippen molar-refractivity contribution < 1.29 is 9.53 Å². The Balaban J connectivity index is 1.63. The highest BCUT2D eigenvalue weighted by molar-refractivity contribution is 5.97. The van der Waals surface area contributed by atoms with Gasteiger partial charge in [0.15, 0.2) is 5.78 Å². The third-order valence-corrected chi connectivity index (χ3v) is 3.45. The summed E-state index contributed by atoms with van der Waals surface area (Å²) in [7, 11) is 0. The average Bonchev–Trinajstić information content (AvgIpc) is 2.93. The molecule has 3 rings (SSSR count). The van der Waals surface area contributed by atoms with Crippen LogP contribution in [0.25, 0.3) is 0 Å². The molecule has 0 unspecified atom stereocenters. The number of nitrogens with one attached hydrogen (secondary N) is 1. The molecule has 3 nitrogen and oxygen atoms in total. The van der Waals surface area contributed by atoms with Gasteiger partial charge in [-0.2, -0.15) is 0 Å². The molecule has 1 aliphatic carbocycles. The average molecular weight is 279 g/mol. The van der Waals surface area contributed by atoms with Crippen molar-refractivity contribution in [3.8, 4) is 11.5 Å². The maximum Gasteiger partial charge on any atom is 0.160 e. The van der Waals surface area contributed by atoms with Crippen molar-refractivity contribution in [2.75, 3.05) is 5.32 Å². The number of Topliss-reactive ketones (excluding diaryl/α,β-unsaturated/α-hetero) is 1. The fourth-order valence-electron chi connectivity index (χ4n) is 2.31. The molecule has 1 aliphatic rings. The summed E-state index contributed by atoms with van der Waals surface area (Å²) in [4.78, 5) is 11.5. The van der Waals surface area contributed by atoms with Gasteiger partial charge in [0.25, 0.3) is 0 Å². The first-order valence-corrected chi connectivity index (χ1v) is 7.13. The summed E-state index contributed by atoms with van der Waals surface area (Å²) in [6.07, 6.45) is 4.34. The number of hydrogen-bond acceptors (Lipinski definition) is 3. The van der Waals surface area contributed by atoms with E-state index < -0.39 is 0 Å². The molecule has 0 saturated heterocycles. The molecule has 3 heteroatoms. The van der Waals surface area contributed by atoms with Crippen LogP contribution in [0.3, 0.4) is 0 Å². The number of anilines is 1. The minimum absolute atomic E-state index is 0.256. The van der Waals surface area contributed by atoms with Crippen LogP contribution in [0.4, 0.5) is 5.69 Å². The molecular weight excluding hydrogens is 262 g/mol. The molecule has 21 heavy (non-hydrogen) atoms. The van der Waals surface area contributed by atoms with E-state index >= 15 is 0 Å². The Morgan fingerprint density at radius 3 is 2.29 bits per heavy atom. The van der Waals surface area contributed by atoms with Crippen LogP contribution in [0.15, 0.2) is 66.4 Å². The summed E-state index contributed by atoms with van der Waals surface area (Å²) < 4.78 is 5.73. The third kappa shape index (κ3) is 3.51. The Hall–Kier alpha value is -2.55. The minimum Gasteiger partial charge on any atom is -0.457 e. The van der Waals surface area contributed by atoms with Gasteiger partial charge in [0.05, 0.1) is 0 Å². The van der Waals surface area contributed by atoms with Gasteiger partial charge < -0.3 is 10.1 Å². The number of rotatable bonds is 4. The van der Waals surface area contributed by atoms with Crippen LogP contribution < -0.4 is 10.1 Å². The molecule has 0 amide bonds. The number of para-hydroxylation sites is 1. The van der Waals surface area contributed by atoms with Gasteiger partial charge in [0, 0.05) is 23.9 Å². The Labute approximate surface area is 124 Å². The maximum absolute atomic E-state index is 11.5. The molecule has 0 radical (unpaired) electrons. The summed E-state index contributed by atoms with van der Waals surface area (Å²) in [6.45, 7) is 0. The summed E-state index contributed by atoms with van der Waals surface area (Å²) in [5, 5.41) is 3.17. The Kier molecular flexibility index (Phi) is 4.01. The number of allylic oxidation sites excluding steroid dienone is 1. The second kappa shape index (κ2) is 6.27. The lowest BCUT2D eigenvalue weighted by atomic mass is 10.2. The zero-order chi connectivity index (χ0) is 14.5. The molecule has 2 aromatic rings. The molecule has 1 N–H and O–H groups in total. The highest BCUT2D eigenvalue weighted by atomic mass is 16.5. The SMILES string of the molecule is O=C1CCC/C1=C\Nc1ccc(Oc2ccccc2)cc1. The van der Waals surface area contributed by atoms with Gasteiger partial charge in [0.1, 0.15) is 11.5 Å². The van der Waals surface area contributed by atoms with Crippen LogP contribution in [0.2, 0.25) is 0 Å². The molecule has 2 aromatic carbocycles. The largest absolute Gasteiger partial charge is 0.457 e. The molecule has 0 aromatic heterocycles. The molecule has 0 bridgehead atoms. The van der Waals surface area contributed by atoms with E-state index in [1.807, 2.05) is 60.8 Å². The second-order valence-electron chi connectivity index (χ2n) is 5.03. The summed E-state index contributed by atoms with van der Waals surface area (Å²) in [5.41, 5.74) is 1.84. The first-order valence-electron chi connectivity index (χ1n) is 7.13. The van der Waals surface area contributed by atoms with Gasteiger partial charge in [-0.1, -0.05) is 18.2 Å². The van der Waals surface area contributed by atoms with Crippen LogP contribution in [0, 0.1) is 0 Å². The van der Waals surface area contributed by atoms with Crippen molar-refractivity contribution in [2.45, 2.75) is 19.3 Å². The van der Waals surface area contributed by atoms with Crippen molar-refractivity contribution >= 4 is 11.5 Å². The Bertz CT molecular complexity index is 645. The van der Waals surface area contributed by atoms with Crippen molar-refractivity contribution in [1.82, 2.24) is 0 Å². The van der Waals surface area contributed by atoms with Crippen LogP contribution in [0.5, 0.6) is 11.5 Å². The van der Waals surface area contributed by atoms with E-state index in [0.717, 1.165) is 35.6 Å². The maximum atomic E-state index is 11.5. The van der Waals surface area contributed by atoms with Crippen LogP contribution in [-0.4, -0.2) is 5.78 Å². The number of benzene rings is 2. The predicted molar refractivity (Wildman–Crippen MR) is 83.5 cm³/mol. The number of carbonyl (C=O) groups excluding carboxylic acids is 1. The van der Waals surface area contributed by atoms with E-state index in [0.29, 0.717) is 6.42 Å². The van der Waals surface area contributed by atoms with Gasteiger partial charge in [0.2, 0.25) is 0 Å². The smallest absolute Gasteiger partial charge is 0.160 e. The highest BCUT2D eigenvalue weighted by Crippen LogP contribution is 2.24. The fourth-order valence-corrected chi connectivity index (χ4v) is 2.31. The topological polar surface area (TPSA) is 38.3 Å². The lowest BCUT2D eigenvalue weighted by Gasteiger charge is -2.07. The zero-order valence-electron chi connectivity index (χ0n) is 11.7. The lowest BCUT2D eigenvalue weighted by molar-refractivity contribution is -0.114. The molecule has 0 aliphatic heterocycles. The van der Waals surface area contributed by atoms with Gasteiger partial charge in [-0.25, -0.2) is 0 Å². The molecule has 1 fully saturated rings. The van der Waals surface area contributed by atoms with Crippen molar-refractivity contribution in [1.29, 1.82) is 0 Å². The standard InChI is InChI=1S/C18H17NO2/c20-18-8-4-5-14(18)13-19-15-9-11-17(12-10-15)21-16-6-2-1-3-7-16/h1-3,6-7,9-13,19H,4-5,8H2/b14-13+. The van der Waals surface area contributed by atoms with E-state index in [1.165, 1.54) is 0 Å². The molecular formula is C18H17NO2. The lowest BCUT2D eigenvalue weighted by Crippen LogP contribution is -1.96.